The highest BCUT2D eigenvalue weighted by Gasteiger charge is 2.10. The minimum atomic E-state index is 0.517. The maximum atomic E-state index is 6.01. The van der Waals surface area contributed by atoms with Crippen LogP contribution >= 0.6 is 22.9 Å². The van der Waals surface area contributed by atoms with Crippen LogP contribution in [0.2, 0.25) is 5.02 Å². The predicted octanol–water partition coefficient (Wildman–Crippen LogP) is 3.71. The summed E-state index contributed by atoms with van der Waals surface area (Å²) in [5.41, 5.74) is 2.05. The Morgan fingerprint density at radius 2 is 2.25 bits per heavy atom. The predicted molar refractivity (Wildman–Crippen MR) is 101 cm³/mol. The van der Waals surface area contributed by atoms with Gasteiger partial charge < -0.3 is 15.0 Å². The third-order valence-electron chi connectivity index (χ3n) is 3.41. The van der Waals surface area contributed by atoms with E-state index in [0.717, 1.165) is 34.5 Å². The lowest BCUT2D eigenvalue weighted by atomic mass is 10.2. The van der Waals surface area contributed by atoms with E-state index in [4.69, 9.17) is 21.3 Å². The molecule has 0 fully saturated rings. The fraction of sp³-hybridized carbons (Fsp3) is 0.412. The second kappa shape index (κ2) is 8.89. The van der Waals surface area contributed by atoms with Gasteiger partial charge in [0.05, 0.1) is 30.9 Å². The van der Waals surface area contributed by atoms with Crippen molar-refractivity contribution in [3.05, 3.63) is 44.9 Å². The van der Waals surface area contributed by atoms with Gasteiger partial charge in [-0.15, -0.1) is 11.3 Å². The maximum absolute atomic E-state index is 6.01. The van der Waals surface area contributed by atoms with Gasteiger partial charge in [0.25, 0.3) is 0 Å². The first-order chi connectivity index (χ1) is 11.5. The molecule has 24 heavy (non-hydrogen) atoms. The third kappa shape index (κ3) is 5.11. The molecule has 0 amide bonds. The lowest BCUT2D eigenvalue weighted by molar-refractivity contribution is 0.409. The number of thiazole rings is 1. The summed E-state index contributed by atoms with van der Waals surface area (Å²) in [6.07, 6.45) is 0. The topological polar surface area (TPSA) is 49.8 Å². The molecule has 0 spiro atoms. The fourth-order valence-electron chi connectivity index (χ4n) is 2.28. The number of ether oxygens (including phenoxy) is 1. The second-order valence-electron chi connectivity index (χ2n) is 5.34. The summed E-state index contributed by atoms with van der Waals surface area (Å²) < 4.78 is 5.38. The molecule has 0 bridgehead atoms. The number of nitrogens with zero attached hydrogens (tertiary/aromatic N) is 3. The molecule has 5 nitrogen and oxygen atoms in total. The van der Waals surface area contributed by atoms with Gasteiger partial charge in [-0.2, -0.15) is 0 Å². The van der Waals surface area contributed by atoms with Gasteiger partial charge in [0.1, 0.15) is 5.75 Å². The molecule has 1 aromatic carbocycles. The molecular weight excluding hydrogens is 344 g/mol. The summed E-state index contributed by atoms with van der Waals surface area (Å²) in [4.78, 5) is 11.3. The van der Waals surface area contributed by atoms with E-state index >= 15 is 0 Å². The summed E-state index contributed by atoms with van der Waals surface area (Å²) in [6.45, 7) is 6.10. The van der Waals surface area contributed by atoms with E-state index in [1.165, 1.54) is 0 Å². The molecule has 0 aliphatic carbocycles. The number of rotatable bonds is 6. The highest BCUT2D eigenvalue weighted by Crippen LogP contribution is 2.23. The molecule has 0 radical (unpaired) electrons. The van der Waals surface area contributed by atoms with E-state index < -0.39 is 0 Å². The average Bonchev–Trinajstić information content (AvgIpc) is 2.97. The van der Waals surface area contributed by atoms with Crippen LogP contribution in [0.4, 0.5) is 0 Å². The molecule has 130 valence electrons. The molecule has 1 heterocycles. The van der Waals surface area contributed by atoms with Crippen molar-refractivity contribution in [1.29, 1.82) is 0 Å². The van der Waals surface area contributed by atoms with Crippen LogP contribution in [-0.4, -0.2) is 36.5 Å². The highest BCUT2D eigenvalue weighted by molar-refractivity contribution is 7.09. The van der Waals surface area contributed by atoms with Gasteiger partial charge in [-0.1, -0.05) is 17.7 Å². The zero-order chi connectivity index (χ0) is 17.5. The quantitative estimate of drug-likeness (QED) is 0.625. The van der Waals surface area contributed by atoms with Crippen LogP contribution in [0.3, 0.4) is 0 Å². The van der Waals surface area contributed by atoms with Crippen molar-refractivity contribution in [3.8, 4) is 5.75 Å². The normalized spacial score (nSPS) is 11.5. The Kier molecular flexibility index (Phi) is 6.87. The molecule has 0 atom stereocenters. The van der Waals surface area contributed by atoms with Crippen LogP contribution in [0.1, 0.15) is 23.2 Å². The van der Waals surface area contributed by atoms with Crippen molar-refractivity contribution in [3.63, 3.8) is 0 Å². The van der Waals surface area contributed by atoms with E-state index in [1.807, 2.05) is 26.1 Å². The zero-order valence-corrected chi connectivity index (χ0v) is 16.0. The number of guanidine groups is 1. The van der Waals surface area contributed by atoms with Gasteiger partial charge in [-0.25, -0.2) is 9.98 Å². The zero-order valence-electron chi connectivity index (χ0n) is 14.5. The van der Waals surface area contributed by atoms with Crippen LogP contribution in [-0.2, 0) is 13.1 Å². The molecular formula is C17H23ClN4OS. The summed E-state index contributed by atoms with van der Waals surface area (Å²) >= 11 is 7.67. The molecule has 0 unspecified atom stereocenters. The van der Waals surface area contributed by atoms with E-state index in [1.54, 1.807) is 24.5 Å². The van der Waals surface area contributed by atoms with Gasteiger partial charge in [0.15, 0.2) is 5.96 Å². The Balaban J connectivity index is 2.12. The first kappa shape index (κ1) is 18.5. The first-order valence-electron chi connectivity index (χ1n) is 7.76. The second-order valence-corrected chi connectivity index (χ2v) is 6.84. The lowest BCUT2D eigenvalue weighted by Gasteiger charge is -2.21. The van der Waals surface area contributed by atoms with Gasteiger partial charge in [0, 0.05) is 29.6 Å². The van der Waals surface area contributed by atoms with E-state index in [-0.39, 0.29) is 0 Å². The maximum Gasteiger partial charge on any atom is 0.194 e. The number of benzene rings is 1. The lowest BCUT2D eigenvalue weighted by Crippen LogP contribution is -2.38. The van der Waals surface area contributed by atoms with Crippen molar-refractivity contribution in [2.45, 2.75) is 26.9 Å². The molecule has 2 rings (SSSR count). The number of aryl methyl sites for hydroxylation is 1. The first-order valence-corrected chi connectivity index (χ1v) is 9.02. The van der Waals surface area contributed by atoms with E-state index in [9.17, 15) is 0 Å². The summed E-state index contributed by atoms with van der Waals surface area (Å²) in [7, 11) is 3.65. The number of hydrogen-bond donors (Lipinski definition) is 1. The monoisotopic (exact) mass is 366 g/mol. The largest absolute Gasteiger partial charge is 0.496 e. The molecule has 1 N–H and O–H groups in total. The van der Waals surface area contributed by atoms with Crippen LogP contribution in [0.15, 0.2) is 28.6 Å². The van der Waals surface area contributed by atoms with Crippen molar-refractivity contribution < 1.29 is 4.74 Å². The standard InChI is InChI=1S/C17H23ClN4OS/c1-5-19-17(22(3)10-15-11-24-12(2)21-15)20-9-13-6-7-14(18)8-16(13)23-4/h6-8,11H,5,9-10H2,1-4H3,(H,19,20). The van der Waals surface area contributed by atoms with Gasteiger partial charge in [0.2, 0.25) is 0 Å². The molecule has 0 aliphatic heterocycles. The Morgan fingerprint density at radius 3 is 2.88 bits per heavy atom. The molecule has 0 saturated heterocycles. The summed E-state index contributed by atoms with van der Waals surface area (Å²) in [5.74, 6) is 1.58. The fourth-order valence-corrected chi connectivity index (χ4v) is 3.04. The molecule has 0 saturated carbocycles. The molecule has 0 aliphatic rings. The minimum Gasteiger partial charge on any atom is -0.496 e. The van der Waals surface area contributed by atoms with Crippen LogP contribution in [0, 0.1) is 6.92 Å². The summed E-state index contributed by atoms with van der Waals surface area (Å²) in [5, 5.41) is 7.12. The average molecular weight is 367 g/mol. The Bertz CT molecular complexity index is 702. The van der Waals surface area contributed by atoms with Gasteiger partial charge in [-0.3, -0.25) is 0 Å². The Hall–Kier alpha value is -1.79. The van der Waals surface area contributed by atoms with Crippen LogP contribution in [0.25, 0.3) is 0 Å². The highest BCUT2D eigenvalue weighted by atomic mass is 35.5. The molecule has 2 aromatic rings. The number of methoxy groups -OCH3 is 1. The number of halogens is 1. The van der Waals surface area contributed by atoms with Crippen LogP contribution in [0.5, 0.6) is 5.75 Å². The van der Waals surface area contributed by atoms with E-state index in [2.05, 4.69) is 27.5 Å². The molecule has 7 heteroatoms. The minimum absolute atomic E-state index is 0.517. The Labute approximate surface area is 152 Å². The van der Waals surface area contributed by atoms with Crippen LogP contribution < -0.4 is 10.1 Å². The number of nitrogens with one attached hydrogen (secondary N) is 1. The van der Waals surface area contributed by atoms with Crippen molar-refractivity contribution >= 4 is 28.9 Å². The SMILES string of the molecule is CCNC(=NCc1ccc(Cl)cc1OC)N(C)Cc1csc(C)n1. The van der Waals surface area contributed by atoms with E-state index in [0.29, 0.717) is 18.1 Å². The van der Waals surface area contributed by atoms with Gasteiger partial charge >= 0.3 is 0 Å². The van der Waals surface area contributed by atoms with Gasteiger partial charge in [-0.05, 0) is 26.0 Å². The summed E-state index contributed by atoms with van der Waals surface area (Å²) in [6, 6.07) is 5.60. The molecule has 1 aromatic heterocycles. The number of aromatic nitrogens is 1. The Morgan fingerprint density at radius 1 is 1.46 bits per heavy atom. The van der Waals surface area contributed by atoms with Crippen molar-refractivity contribution in [1.82, 2.24) is 15.2 Å². The number of hydrogen-bond acceptors (Lipinski definition) is 4. The van der Waals surface area contributed by atoms with Crippen molar-refractivity contribution in [2.75, 3.05) is 20.7 Å². The number of aliphatic imine (C=N–C) groups is 1. The third-order valence-corrected chi connectivity index (χ3v) is 4.47. The van der Waals surface area contributed by atoms with Crippen molar-refractivity contribution in [2.24, 2.45) is 4.99 Å². The smallest absolute Gasteiger partial charge is 0.194 e.